The molecule has 0 bridgehead atoms. The molecule has 1 fully saturated rings. The molecule has 1 atom stereocenters. The monoisotopic (exact) mass is 475 g/mol. The standard InChI is InChI=1S/C23H29N3O4S2/c1-17-8-5-10-20(14-17)30-13-7-12-22(27)26-16-18(2)31-23(26)24-19-9-6-11-21(15-19)32(28,29)25(3)4/h5-6,8-11,14-15,18H,7,12-13,16H2,1-4H3/t18-/m1/s1. The number of ether oxygens (including phenoxy) is 1. The predicted octanol–water partition coefficient (Wildman–Crippen LogP) is 4.06. The van der Waals surface area contributed by atoms with Crippen LogP contribution < -0.4 is 4.74 Å². The number of carbonyl (C=O) groups excluding carboxylic acids is 1. The van der Waals surface area contributed by atoms with Crippen molar-refractivity contribution in [3.05, 3.63) is 54.1 Å². The lowest BCUT2D eigenvalue weighted by atomic mass is 10.2. The maximum Gasteiger partial charge on any atom is 0.242 e. The third-order valence-electron chi connectivity index (χ3n) is 4.89. The van der Waals surface area contributed by atoms with Crippen molar-refractivity contribution in [2.45, 2.75) is 36.8 Å². The van der Waals surface area contributed by atoms with Gasteiger partial charge < -0.3 is 4.74 Å². The van der Waals surface area contributed by atoms with E-state index in [1.165, 1.54) is 36.2 Å². The van der Waals surface area contributed by atoms with Gasteiger partial charge in [-0.2, -0.15) is 0 Å². The van der Waals surface area contributed by atoms with Crippen LogP contribution in [0.1, 0.15) is 25.3 Å². The van der Waals surface area contributed by atoms with Crippen LogP contribution in [-0.2, 0) is 14.8 Å². The number of aryl methyl sites for hydroxylation is 1. The summed E-state index contributed by atoms with van der Waals surface area (Å²) in [5, 5.41) is 0.816. The Hall–Kier alpha value is -2.36. The average Bonchev–Trinajstić information content (AvgIpc) is 3.11. The largest absolute Gasteiger partial charge is 0.494 e. The number of benzene rings is 2. The smallest absolute Gasteiger partial charge is 0.242 e. The highest BCUT2D eigenvalue weighted by Crippen LogP contribution is 2.30. The van der Waals surface area contributed by atoms with Crippen molar-refractivity contribution in [1.29, 1.82) is 0 Å². The van der Waals surface area contributed by atoms with Crippen molar-refractivity contribution < 1.29 is 17.9 Å². The molecule has 1 aliphatic rings. The van der Waals surface area contributed by atoms with Crippen molar-refractivity contribution in [3.63, 3.8) is 0 Å². The van der Waals surface area contributed by atoms with Gasteiger partial charge in [-0.3, -0.25) is 9.69 Å². The highest BCUT2D eigenvalue weighted by atomic mass is 32.2. The molecule has 1 saturated heterocycles. The quantitative estimate of drug-likeness (QED) is 0.538. The lowest BCUT2D eigenvalue weighted by molar-refractivity contribution is -0.127. The van der Waals surface area contributed by atoms with Crippen LogP contribution in [0.3, 0.4) is 0 Å². The molecule has 1 heterocycles. The van der Waals surface area contributed by atoms with E-state index in [0.29, 0.717) is 36.8 Å². The van der Waals surface area contributed by atoms with E-state index in [-0.39, 0.29) is 16.1 Å². The van der Waals surface area contributed by atoms with Crippen LogP contribution >= 0.6 is 11.8 Å². The van der Waals surface area contributed by atoms with Crippen molar-refractivity contribution >= 4 is 38.5 Å². The molecule has 0 saturated carbocycles. The minimum absolute atomic E-state index is 0.00879. The zero-order valence-corrected chi connectivity index (χ0v) is 20.4. The molecule has 0 N–H and O–H groups in total. The molecular weight excluding hydrogens is 446 g/mol. The third kappa shape index (κ3) is 6.11. The van der Waals surface area contributed by atoms with E-state index in [1.54, 1.807) is 23.1 Å². The van der Waals surface area contributed by atoms with Gasteiger partial charge in [0.15, 0.2) is 5.17 Å². The number of nitrogens with zero attached hydrogens (tertiary/aromatic N) is 3. The van der Waals surface area contributed by atoms with Crippen LogP contribution in [0.25, 0.3) is 0 Å². The van der Waals surface area contributed by atoms with Gasteiger partial charge >= 0.3 is 0 Å². The highest BCUT2D eigenvalue weighted by molar-refractivity contribution is 8.14. The Labute approximate surface area is 194 Å². The number of hydrogen-bond acceptors (Lipinski definition) is 6. The molecule has 0 radical (unpaired) electrons. The first-order chi connectivity index (χ1) is 15.2. The number of aliphatic imine (C=N–C) groups is 1. The summed E-state index contributed by atoms with van der Waals surface area (Å²) in [7, 11) is -0.568. The number of rotatable bonds is 8. The summed E-state index contributed by atoms with van der Waals surface area (Å²) in [4.78, 5) is 19.3. The second kappa shape index (κ2) is 10.5. The predicted molar refractivity (Wildman–Crippen MR) is 129 cm³/mol. The van der Waals surface area contributed by atoms with E-state index in [9.17, 15) is 13.2 Å². The van der Waals surface area contributed by atoms with E-state index in [2.05, 4.69) is 4.99 Å². The lowest BCUT2D eigenvalue weighted by Gasteiger charge is -2.16. The Morgan fingerprint density at radius 2 is 1.97 bits per heavy atom. The van der Waals surface area contributed by atoms with Crippen LogP contribution in [-0.4, -0.2) is 61.2 Å². The molecule has 0 unspecified atom stereocenters. The van der Waals surface area contributed by atoms with Crippen LogP contribution in [0.4, 0.5) is 5.69 Å². The summed E-state index contributed by atoms with van der Waals surface area (Å²) in [5.74, 6) is 0.795. The number of hydrogen-bond donors (Lipinski definition) is 0. The number of sulfonamides is 1. The van der Waals surface area contributed by atoms with Crippen molar-refractivity contribution in [3.8, 4) is 5.75 Å². The second-order valence-corrected chi connectivity index (χ2v) is 11.4. The molecule has 2 aromatic rings. The van der Waals surface area contributed by atoms with Gasteiger partial charge in [0.25, 0.3) is 0 Å². The zero-order chi connectivity index (χ0) is 23.3. The van der Waals surface area contributed by atoms with Crippen LogP contribution in [0.2, 0.25) is 0 Å². The van der Waals surface area contributed by atoms with E-state index >= 15 is 0 Å². The lowest BCUT2D eigenvalue weighted by Crippen LogP contribution is -2.32. The van der Waals surface area contributed by atoms with Gasteiger partial charge in [-0.25, -0.2) is 17.7 Å². The van der Waals surface area contributed by atoms with Crippen molar-refractivity contribution in [1.82, 2.24) is 9.21 Å². The van der Waals surface area contributed by atoms with Crippen molar-refractivity contribution in [2.24, 2.45) is 4.99 Å². The van der Waals surface area contributed by atoms with E-state index in [1.807, 2.05) is 38.1 Å². The molecule has 3 rings (SSSR count). The number of amidine groups is 1. The second-order valence-electron chi connectivity index (χ2n) is 7.88. The Bertz CT molecular complexity index is 1100. The highest BCUT2D eigenvalue weighted by Gasteiger charge is 2.30. The summed E-state index contributed by atoms with van der Waals surface area (Å²) in [6.07, 6.45) is 0.958. The Kier molecular flexibility index (Phi) is 7.97. The summed E-state index contributed by atoms with van der Waals surface area (Å²) in [6, 6.07) is 14.3. The number of thioether (sulfide) groups is 1. The summed E-state index contributed by atoms with van der Waals surface area (Å²) >= 11 is 1.52. The van der Waals surface area contributed by atoms with Gasteiger partial charge in [-0.15, -0.1) is 0 Å². The summed E-state index contributed by atoms with van der Waals surface area (Å²) in [5.41, 5.74) is 1.63. The normalized spacial score (nSPS) is 17.8. The zero-order valence-electron chi connectivity index (χ0n) is 18.8. The first kappa shape index (κ1) is 24.3. The molecule has 0 spiro atoms. The van der Waals surface area contributed by atoms with Crippen LogP contribution in [0.5, 0.6) is 5.75 Å². The number of amides is 1. The fourth-order valence-electron chi connectivity index (χ4n) is 3.20. The van der Waals surface area contributed by atoms with Gasteiger partial charge in [0.2, 0.25) is 15.9 Å². The van der Waals surface area contributed by atoms with Gasteiger partial charge in [0.1, 0.15) is 5.75 Å². The molecule has 172 valence electrons. The molecule has 1 amide bonds. The molecule has 0 aromatic heterocycles. The molecule has 9 heteroatoms. The van der Waals surface area contributed by atoms with Gasteiger partial charge in [0.05, 0.1) is 17.2 Å². The third-order valence-corrected chi connectivity index (χ3v) is 7.78. The minimum atomic E-state index is -3.55. The number of carbonyl (C=O) groups is 1. The molecule has 32 heavy (non-hydrogen) atoms. The summed E-state index contributed by atoms with van der Waals surface area (Å²) < 4.78 is 31.7. The topological polar surface area (TPSA) is 79.3 Å². The van der Waals surface area contributed by atoms with E-state index < -0.39 is 10.0 Å². The Balaban J connectivity index is 1.65. The molecule has 1 aliphatic heterocycles. The molecular formula is C23H29N3O4S2. The van der Waals surface area contributed by atoms with E-state index in [0.717, 1.165) is 11.3 Å². The minimum Gasteiger partial charge on any atom is -0.494 e. The van der Waals surface area contributed by atoms with Gasteiger partial charge in [-0.1, -0.05) is 36.9 Å². The Morgan fingerprint density at radius 1 is 1.22 bits per heavy atom. The average molecular weight is 476 g/mol. The van der Waals surface area contributed by atoms with Crippen LogP contribution in [0.15, 0.2) is 58.4 Å². The van der Waals surface area contributed by atoms with Gasteiger partial charge in [0, 0.05) is 32.3 Å². The fraction of sp³-hybridized carbons (Fsp3) is 0.391. The van der Waals surface area contributed by atoms with Crippen molar-refractivity contribution in [2.75, 3.05) is 27.2 Å². The first-order valence-corrected chi connectivity index (χ1v) is 12.8. The van der Waals surface area contributed by atoms with Gasteiger partial charge in [-0.05, 0) is 49.2 Å². The first-order valence-electron chi connectivity index (χ1n) is 10.4. The Morgan fingerprint density at radius 3 is 2.69 bits per heavy atom. The van der Waals surface area contributed by atoms with E-state index in [4.69, 9.17) is 4.74 Å². The molecule has 7 nitrogen and oxygen atoms in total. The molecule has 2 aromatic carbocycles. The van der Waals surface area contributed by atoms with Crippen LogP contribution in [0, 0.1) is 6.92 Å². The SMILES string of the molecule is Cc1cccc(OCCCC(=O)N2C[C@@H](C)SC2=Nc2cccc(S(=O)(=O)N(C)C)c2)c1. The molecule has 0 aliphatic carbocycles. The maximum atomic E-state index is 12.8. The maximum absolute atomic E-state index is 12.8. The fourth-order valence-corrected chi connectivity index (χ4v) is 5.19. The summed E-state index contributed by atoms with van der Waals surface area (Å²) in [6.45, 7) is 5.09.